The number of ether oxygens (including phenoxy) is 1. The number of amides is 4. The predicted octanol–water partition coefficient (Wildman–Crippen LogP) is 1.04. The fraction of sp³-hybridized carbons (Fsp3) is 0.333. The highest BCUT2D eigenvalue weighted by molar-refractivity contribution is 5.99. The van der Waals surface area contributed by atoms with Crippen molar-refractivity contribution in [2.45, 2.75) is 26.9 Å². The number of carbonyl (C=O) groups excluding carboxylic acids is 4. The van der Waals surface area contributed by atoms with Gasteiger partial charge < -0.3 is 15.4 Å². The molecule has 0 radical (unpaired) electrons. The van der Waals surface area contributed by atoms with Gasteiger partial charge in [0.1, 0.15) is 0 Å². The average Bonchev–Trinajstić information content (AvgIpc) is 2.46. The van der Waals surface area contributed by atoms with E-state index in [4.69, 9.17) is 4.74 Å². The van der Waals surface area contributed by atoms with Crippen LogP contribution in [0.2, 0.25) is 0 Å². The summed E-state index contributed by atoms with van der Waals surface area (Å²) >= 11 is 0. The van der Waals surface area contributed by atoms with Gasteiger partial charge in [-0.2, -0.15) is 0 Å². The Morgan fingerprint density at radius 2 is 1.91 bits per heavy atom. The van der Waals surface area contributed by atoms with Crippen molar-refractivity contribution in [2.75, 3.05) is 11.9 Å². The molecule has 0 aliphatic heterocycles. The molecule has 0 spiro atoms. The van der Waals surface area contributed by atoms with Gasteiger partial charge in [-0.1, -0.05) is 6.07 Å². The SMILES string of the molecule is CCNC(=O)NC(=O)[C@H](C)OC(=O)c1cccc(NC(C)=O)c1. The predicted molar refractivity (Wildman–Crippen MR) is 82.8 cm³/mol. The minimum Gasteiger partial charge on any atom is -0.449 e. The zero-order valence-electron chi connectivity index (χ0n) is 13.1. The number of nitrogens with one attached hydrogen (secondary N) is 3. The maximum Gasteiger partial charge on any atom is 0.338 e. The summed E-state index contributed by atoms with van der Waals surface area (Å²) in [6, 6.07) is 5.44. The number of esters is 1. The topological polar surface area (TPSA) is 114 Å². The van der Waals surface area contributed by atoms with Gasteiger partial charge in [0, 0.05) is 19.2 Å². The number of carbonyl (C=O) groups is 4. The number of urea groups is 1. The van der Waals surface area contributed by atoms with E-state index in [-0.39, 0.29) is 11.5 Å². The summed E-state index contributed by atoms with van der Waals surface area (Å²) in [4.78, 5) is 45.9. The molecule has 0 saturated carbocycles. The summed E-state index contributed by atoms with van der Waals surface area (Å²) in [5.74, 6) is -1.75. The fourth-order valence-corrected chi connectivity index (χ4v) is 1.63. The Morgan fingerprint density at radius 3 is 2.52 bits per heavy atom. The number of imide groups is 1. The Balaban J connectivity index is 2.66. The van der Waals surface area contributed by atoms with E-state index in [1.807, 2.05) is 0 Å². The third kappa shape index (κ3) is 6.16. The Bertz CT molecular complexity index is 615. The summed E-state index contributed by atoms with van der Waals surface area (Å²) in [5, 5.41) is 6.98. The molecule has 0 bridgehead atoms. The molecule has 1 atom stereocenters. The van der Waals surface area contributed by atoms with Gasteiger partial charge in [0.25, 0.3) is 5.91 Å². The maximum atomic E-state index is 12.0. The van der Waals surface area contributed by atoms with E-state index < -0.39 is 24.0 Å². The van der Waals surface area contributed by atoms with Crippen LogP contribution in [-0.2, 0) is 14.3 Å². The van der Waals surface area contributed by atoms with E-state index in [0.29, 0.717) is 12.2 Å². The van der Waals surface area contributed by atoms with Crippen molar-refractivity contribution in [3.8, 4) is 0 Å². The lowest BCUT2D eigenvalue weighted by molar-refractivity contribution is -0.127. The second-order valence-electron chi connectivity index (χ2n) is 4.66. The Morgan fingerprint density at radius 1 is 1.22 bits per heavy atom. The molecule has 124 valence electrons. The van der Waals surface area contributed by atoms with Crippen LogP contribution < -0.4 is 16.0 Å². The normalized spacial score (nSPS) is 11.1. The van der Waals surface area contributed by atoms with Crippen LogP contribution in [0.3, 0.4) is 0 Å². The first kappa shape index (κ1) is 18.1. The summed E-state index contributed by atoms with van der Waals surface area (Å²) in [7, 11) is 0. The first-order valence-electron chi connectivity index (χ1n) is 7.00. The van der Waals surface area contributed by atoms with E-state index >= 15 is 0 Å². The number of anilines is 1. The summed E-state index contributed by atoms with van der Waals surface area (Å²) in [6.45, 7) is 4.77. The summed E-state index contributed by atoms with van der Waals surface area (Å²) in [6.07, 6.45) is -1.14. The van der Waals surface area contributed by atoms with Gasteiger partial charge in [-0.25, -0.2) is 9.59 Å². The quantitative estimate of drug-likeness (QED) is 0.701. The molecule has 0 unspecified atom stereocenters. The van der Waals surface area contributed by atoms with Crippen molar-refractivity contribution in [2.24, 2.45) is 0 Å². The fourth-order valence-electron chi connectivity index (χ4n) is 1.63. The Labute approximate surface area is 133 Å². The lowest BCUT2D eigenvalue weighted by Crippen LogP contribution is -2.44. The largest absolute Gasteiger partial charge is 0.449 e. The zero-order valence-corrected chi connectivity index (χ0v) is 13.1. The van der Waals surface area contributed by atoms with Gasteiger partial charge >= 0.3 is 12.0 Å². The molecule has 0 aliphatic rings. The number of hydrogen-bond acceptors (Lipinski definition) is 5. The van der Waals surface area contributed by atoms with Gasteiger partial charge in [-0.05, 0) is 32.0 Å². The lowest BCUT2D eigenvalue weighted by atomic mass is 10.2. The highest BCUT2D eigenvalue weighted by Gasteiger charge is 2.20. The smallest absolute Gasteiger partial charge is 0.338 e. The highest BCUT2D eigenvalue weighted by atomic mass is 16.5. The minimum atomic E-state index is -1.14. The van der Waals surface area contributed by atoms with Crippen molar-refractivity contribution in [1.82, 2.24) is 10.6 Å². The van der Waals surface area contributed by atoms with E-state index in [1.54, 1.807) is 19.1 Å². The molecule has 4 amide bonds. The second kappa shape index (κ2) is 8.52. The average molecular weight is 321 g/mol. The van der Waals surface area contributed by atoms with Crippen molar-refractivity contribution in [3.05, 3.63) is 29.8 Å². The van der Waals surface area contributed by atoms with Crippen molar-refractivity contribution < 1.29 is 23.9 Å². The summed E-state index contributed by atoms with van der Waals surface area (Å²) in [5.41, 5.74) is 0.611. The molecular weight excluding hydrogens is 302 g/mol. The van der Waals surface area contributed by atoms with Gasteiger partial charge in [0.05, 0.1) is 5.56 Å². The molecule has 8 heteroatoms. The number of rotatable bonds is 5. The van der Waals surface area contributed by atoms with Gasteiger partial charge in [0.15, 0.2) is 6.10 Å². The van der Waals surface area contributed by atoms with Crippen molar-refractivity contribution in [1.29, 1.82) is 0 Å². The molecule has 0 aliphatic carbocycles. The molecule has 0 fully saturated rings. The Kier molecular flexibility index (Phi) is 6.72. The van der Waals surface area contributed by atoms with E-state index in [0.717, 1.165) is 0 Å². The maximum absolute atomic E-state index is 12.0. The zero-order chi connectivity index (χ0) is 17.4. The van der Waals surface area contributed by atoms with Crippen LogP contribution in [0.4, 0.5) is 10.5 Å². The molecule has 1 aromatic rings. The molecule has 0 aromatic heterocycles. The molecule has 1 aromatic carbocycles. The number of benzene rings is 1. The second-order valence-corrected chi connectivity index (χ2v) is 4.66. The van der Waals surface area contributed by atoms with Crippen LogP contribution in [0.15, 0.2) is 24.3 Å². The molecule has 1 rings (SSSR count). The van der Waals surface area contributed by atoms with Crippen LogP contribution in [-0.4, -0.2) is 36.5 Å². The van der Waals surface area contributed by atoms with Gasteiger partial charge in [0.2, 0.25) is 5.91 Å². The third-order valence-corrected chi connectivity index (χ3v) is 2.65. The van der Waals surface area contributed by atoms with Crippen LogP contribution in [0.1, 0.15) is 31.1 Å². The first-order chi connectivity index (χ1) is 10.8. The molecule has 23 heavy (non-hydrogen) atoms. The van der Waals surface area contributed by atoms with Crippen LogP contribution >= 0.6 is 0 Å². The van der Waals surface area contributed by atoms with Crippen LogP contribution in [0, 0.1) is 0 Å². The van der Waals surface area contributed by atoms with E-state index in [9.17, 15) is 19.2 Å². The summed E-state index contributed by atoms with van der Waals surface area (Å²) < 4.78 is 4.99. The number of hydrogen-bond donors (Lipinski definition) is 3. The standard InChI is InChI=1S/C15H19N3O5/c1-4-16-15(22)18-13(20)9(2)23-14(21)11-6-5-7-12(8-11)17-10(3)19/h5-9H,4H2,1-3H3,(H,17,19)(H2,16,18,20,22)/t9-/m0/s1. The molecular formula is C15H19N3O5. The molecule has 0 saturated heterocycles. The monoisotopic (exact) mass is 321 g/mol. The van der Waals surface area contributed by atoms with Crippen LogP contribution in [0.5, 0.6) is 0 Å². The van der Waals surface area contributed by atoms with Crippen LogP contribution in [0.25, 0.3) is 0 Å². The van der Waals surface area contributed by atoms with E-state index in [1.165, 1.54) is 26.0 Å². The van der Waals surface area contributed by atoms with Crippen molar-refractivity contribution >= 4 is 29.5 Å². The molecule has 8 nitrogen and oxygen atoms in total. The molecule has 0 heterocycles. The minimum absolute atomic E-state index is 0.175. The van der Waals surface area contributed by atoms with Gasteiger partial charge in [-0.15, -0.1) is 0 Å². The first-order valence-corrected chi connectivity index (χ1v) is 7.00. The molecule has 3 N–H and O–H groups in total. The van der Waals surface area contributed by atoms with Gasteiger partial charge in [-0.3, -0.25) is 14.9 Å². The van der Waals surface area contributed by atoms with E-state index in [2.05, 4.69) is 16.0 Å². The highest BCUT2D eigenvalue weighted by Crippen LogP contribution is 2.12. The van der Waals surface area contributed by atoms with Crippen molar-refractivity contribution in [3.63, 3.8) is 0 Å². The lowest BCUT2D eigenvalue weighted by Gasteiger charge is -2.13. The third-order valence-electron chi connectivity index (χ3n) is 2.65. The Hall–Kier alpha value is -2.90.